The van der Waals surface area contributed by atoms with Crippen LogP contribution in [0.25, 0.3) is 0 Å². The van der Waals surface area contributed by atoms with Crippen molar-refractivity contribution in [3.05, 3.63) is 0 Å². The Morgan fingerprint density at radius 2 is 2.07 bits per heavy atom. The lowest BCUT2D eigenvalue weighted by Crippen LogP contribution is -2.40. The van der Waals surface area contributed by atoms with Crippen LogP contribution >= 0.6 is 22.6 Å². The molecule has 88 valence electrons. The zero-order valence-corrected chi connectivity index (χ0v) is 11.0. The minimum absolute atomic E-state index is 0.133. The Bertz CT molecular complexity index is 265. The Labute approximate surface area is 101 Å². The maximum Gasteiger partial charge on any atom is 0.408 e. The van der Waals surface area contributed by atoms with Crippen LogP contribution in [0.15, 0.2) is 0 Å². The van der Waals surface area contributed by atoms with E-state index >= 15 is 0 Å². The fourth-order valence-corrected chi connectivity index (χ4v) is 1.05. The van der Waals surface area contributed by atoms with E-state index in [1.54, 1.807) is 0 Å². The van der Waals surface area contributed by atoms with Gasteiger partial charge in [-0.05, 0) is 5.41 Å². The Balaban J connectivity index is 2.31. The molecule has 0 saturated heterocycles. The fourth-order valence-electron chi connectivity index (χ4n) is 0.799. The number of hydrogen-bond donors (Lipinski definition) is 1. The number of alkyl carbamates (subject to hydrolysis) is 1. The molecule has 0 radical (unpaired) electrons. The van der Waals surface area contributed by atoms with Gasteiger partial charge in [0.1, 0.15) is 0 Å². The van der Waals surface area contributed by atoms with Gasteiger partial charge in [0.25, 0.3) is 5.92 Å². The van der Waals surface area contributed by atoms with E-state index < -0.39 is 18.1 Å². The second kappa shape index (κ2) is 4.03. The van der Waals surface area contributed by atoms with E-state index in [0.717, 1.165) is 0 Å². The van der Waals surface area contributed by atoms with E-state index in [2.05, 4.69) is 10.1 Å². The minimum Gasteiger partial charge on any atom is -0.440 e. The topological polar surface area (TPSA) is 38.3 Å². The Morgan fingerprint density at radius 1 is 1.60 bits per heavy atom. The van der Waals surface area contributed by atoms with Crippen molar-refractivity contribution in [2.24, 2.45) is 5.41 Å². The van der Waals surface area contributed by atoms with Gasteiger partial charge in [-0.2, -0.15) is 0 Å². The van der Waals surface area contributed by atoms with Gasteiger partial charge in [0.15, 0.2) is 6.10 Å². The van der Waals surface area contributed by atoms with Crippen molar-refractivity contribution >= 4 is 28.7 Å². The number of halogens is 3. The van der Waals surface area contributed by atoms with Crippen molar-refractivity contribution < 1.29 is 18.3 Å². The molecule has 6 heteroatoms. The summed E-state index contributed by atoms with van der Waals surface area (Å²) in [6.45, 7) is 5.82. The first kappa shape index (κ1) is 12.9. The smallest absolute Gasteiger partial charge is 0.408 e. The summed E-state index contributed by atoms with van der Waals surface area (Å²) in [7, 11) is 0. The average Bonchev–Trinajstić information content (AvgIpc) is 2.55. The average molecular weight is 333 g/mol. The van der Waals surface area contributed by atoms with Crippen LogP contribution in [0.3, 0.4) is 0 Å². The molecular weight excluding hydrogens is 319 g/mol. The molecule has 1 aliphatic carbocycles. The maximum absolute atomic E-state index is 12.4. The second-order valence-corrected chi connectivity index (χ2v) is 5.98. The minimum atomic E-state index is -2.82. The van der Waals surface area contributed by atoms with Crippen LogP contribution < -0.4 is 5.32 Å². The van der Waals surface area contributed by atoms with Crippen LogP contribution in [0.1, 0.15) is 27.2 Å². The Morgan fingerprint density at radius 3 is 2.40 bits per heavy atom. The van der Waals surface area contributed by atoms with Gasteiger partial charge in [-0.15, -0.1) is 0 Å². The van der Waals surface area contributed by atoms with Crippen molar-refractivity contribution in [1.29, 1.82) is 0 Å². The van der Waals surface area contributed by atoms with Gasteiger partial charge in [0.2, 0.25) is 0 Å². The monoisotopic (exact) mass is 333 g/mol. The van der Waals surface area contributed by atoms with E-state index in [9.17, 15) is 13.6 Å². The lowest BCUT2D eigenvalue weighted by molar-refractivity contribution is 0.0407. The number of carbonyl (C=O) groups is 1. The van der Waals surface area contributed by atoms with Crippen molar-refractivity contribution in [3.8, 4) is 0 Å². The molecule has 0 bridgehead atoms. The quantitative estimate of drug-likeness (QED) is 0.479. The molecule has 0 aliphatic heterocycles. The zero-order valence-electron chi connectivity index (χ0n) is 8.81. The molecule has 1 fully saturated rings. The summed E-state index contributed by atoms with van der Waals surface area (Å²) >= 11 is 2.04. The lowest BCUT2D eigenvalue weighted by Gasteiger charge is -2.25. The van der Waals surface area contributed by atoms with E-state index in [1.807, 2.05) is 43.4 Å². The number of ether oxygens (including phenoxy) is 1. The van der Waals surface area contributed by atoms with Crippen molar-refractivity contribution in [1.82, 2.24) is 5.32 Å². The van der Waals surface area contributed by atoms with Crippen LogP contribution in [0.4, 0.5) is 13.6 Å². The third-order valence-electron chi connectivity index (χ3n) is 2.02. The molecule has 2 atom stereocenters. The number of nitrogens with one attached hydrogen (secondary N) is 1. The summed E-state index contributed by atoms with van der Waals surface area (Å²) in [6.07, 6.45) is -2.37. The second-order valence-electron chi connectivity index (χ2n) is 4.73. The Kier molecular flexibility index (Phi) is 3.47. The highest BCUT2D eigenvalue weighted by Crippen LogP contribution is 2.44. The molecule has 1 rings (SSSR count). The molecule has 3 nitrogen and oxygen atoms in total. The lowest BCUT2D eigenvalue weighted by atomic mass is 9.97. The summed E-state index contributed by atoms with van der Waals surface area (Å²) in [5.41, 5.74) is -0.133. The van der Waals surface area contributed by atoms with E-state index in [-0.39, 0.29) is 15.9 Å². The molecule has 0 heterocycles. The Hall–Kier alpha value is -0.140. The number of hydrogen-bond acceptors (Lipinski definition) is 2. The SMILES string of the molecule is CC(C)(C)C(I)NC(=O)OC1CC1(F)F. The van der Waals surface area contributed by atoms with Crippen LogP contribution in [0.5, 0.6) is 0 Å². The number of alkyl halides is 3. The summed E-state index contributed by atoms with van der Waals surface area (Å²) in [5.74, 6) is -2.82. The van der Waals surface area contributed by atoms with Gasteiger partial charge >= 0.3 is 6.09 Å². The van der Waals surface area contributed by atoms with Gasteiger partial charge < -0.3 is 10.1 Å². The highest BCUT2D eigenvalue weighted by Gasteiger charge is 2.60. The van der Waals surface area contributed by atoms with E-state index in [4.69, 9.17) is 0 Å². The molecule has 1 amide bonds. The molecule has 0 aromatic carbocycles. The molecule has 1 N–H and O–H groups in total. The van der Waals surface area contributed by atoms with Gasteiger partial charge in [0, 0.05) is 0 Å². The molecule has 0 aromatic rings. The summed E-state index contributed by atoms with van der Waals surface area (Å²) in [4.78, 5) is 11.2. The van der Waals surface area contributed by atoms with Crippen LogP contribution in [0, 0.1) is 5.41 Å². The summed E-state index contributed by atoms with van der Waals surface area (Å²) in [5, 5.41) is 2.52. The summed E-state index contributed by atoms with van der Waals surface area (Å²) < 4.78 is 29.2. The van der Waals surface area contributed by atoms with Crippen molar-refractivity contribution in [2.75, 3.05) is 0 Å². The fraction of sp³-hybridized carbons (Fsp3) is 0.889. The first-order valence-electron chi connectivity index (χ1n) is 4.62. The van der Waals surface area contributed by atoms with Crippen LogP contribution in [-0.4, -0.2) is 22.2 Å². The molecule has 1 aliphatic rings. The highest BCUT2D eigenvalue weighted by atomic mass is 127. The standard InChI is InChI=1S/C9H14F2INO2/c1-8(2,3)6(12)13-7(14)15-5-4-9(5,10)11/h5-6H,4H2,1-3H3,(H,13,14). The predicted molar refractivity (Wildman–Crippen MR) is 60.2 cm³/mol. The van der Waals surface area contributed by atoms with Crippen molar-refractivity contribution in [3.63, 3.8) is 0 Å². The number of carbonyl (C=O) groups excluding carboxylic acids is 1. The first-order chi connectivity index (χ1) is 6.63. The first-order valence-corrected chi connectivity index (χ1v) is 5.86. The molecular formula is C9H14F2INO2. The van der Waals surface area contributed by atoms with Gasteiger partial charge in [-0.3, -0.25) is 0 Å². The molecule has 0 aromatic heterocycles. The van der Waals surface area contributed by atoms with Crippen molar-refractivity contribution in [2.45, 2.75) is 43.3 Å². The van der Waals surface area contributed by atoms with E-state index in [0.29, 0.717) is 0 Å². The largest absolute Gasteiger partial charge is 0.440 e. The van der Waals surface area contributed by atoms with Crippen LogP contribution in [0.2, 0.25) is 0 Å². The normalized spacial score (nSPS) is 25.6. The molecule has 2 unspecified atom stereocenters. The molecule has 0 spiro atoms. The molecule has 15 heavy (non-hydrogen) atoms. The number of rotatable bonds is 2. The maximum atomic E-state index is 12.4. The number of amides is 1. The third-order valence-corrected chi connectivity index (χ3v) is 4.20. The zero-order chi connectivity index (χ0) is 11.9. The van der Waals surface area contributed by atoms with Gasteiger partial charge in [0.05, 0.1) is 10.5 Å². The van der Waals surface area contributed by atoms with Gasteiger partial charge in [-0.25, -0.2) is 13.6 Å². The highest BCUT2D eigenvalue weighted by molar-refractivity contribution is 14.1. The third kappa shape index (κ3) is 3.73. The predicted octanol–water partition coefficient (Wildman–Crippen LogP) is 2.93. The van der Waals surface area contributed by atoms with E-state index in [1.165, 1.54) is 0 Å². The van der Waals surface area contributed by atoms with Crippen LogP contribution in [-0.2, 0) is 4.74 Å². The summed E-state index contributed by atoms with van der Waals surface area (Å²) in [6, 6.07) is 0. The van der Waals surface area contributed by atoms with Gasteiger partial charge in [-0.1, -0.05) is 43.4 Å². The molecule has 1 saturated carbocycles.